The summed E-state index contributed by atoms with van der Waals surface area (Å²) in [5.41, 5.74) is 3.64. The molecule has 172 valence electrons. The Morgan fingerprint density at radius 3 is 2.62 bits per heavy atom. The molecule has 0 atom stereocenters. The Balaban J connectivity index is 1.15. The SMILES string of the molecule is CN=C(NCCCC(=O)N1CCc2ccccc2C1)N1CCN(Cc2cc(C)on2)CC1. The summed E-state index contributed by atoms with van der Waals surface area (Å²) in [5.74, 6) is 2.01. The van der Waals surface area contributed by atoms with Crippen LogP contribution in [0, 0.1) is 6.92 Å². The molecule has 0 spiro atoms. The molecule has 0 bridgehead atoms. The van der Waals surface area contributed by atoms with Crippen molar-refractivity contribution in [1.82, 2.24) is 25.2 Å². The van der Waals surface area contributed by atoms with Crippen LogP contribution in [0.5, 0.6) is 0 Å². The van der Waals surface area contributed by atoms with Gasteiger partial charge in [0.15, 0.2) is 5.96 Å². The molecule has 0 saturated carbocycles. The van der Waals surface area contributed by atoms with Gasteiger partial charge in [-0.25, -0.2) is 0 Å². The number of benzene rings is 1. The van der Waals surface area contributed by atoms with Gasteiger partial charge in [0.25, 0.3) is 0 Å². The molecule has 2 aliphatic heterocycles. The minimum atomic E-state index is 0.244. The fourth-order valence-electron chi connectivity index (χ4n) is 4.48. The second-order valence-electron chi connectivity index (χ2n) is 8.60. The van der Waals surface area contributed by atoms with Crippen LogP contribution in [-0.2, 0) is 24.3 Å². The zero-order valence-electron chi connectivity index (χ0n) is 19.2. The number of aryl methyl sites for hydroxylation is 1. The molecular weight excluding hydrogens is 404 g/mol. The number of hydrogen-bond donors (Lipinski definition) is 1. The van der Waals surface area contributed by atoms with Gasteiger partial charge in [-0.2, -0.15) is 0 Å². The number of nitrogens with zero attached hydrogens (tertiary/aromatic N) is 5. The molecule has 0 aliphatic carbocycles. The van der Waals surface area contributed by atoms with Crippen molar-refractivity contribution in [2.24, 2.45) is 4.99 Å². The Hall–Kier alpha value is -2.87. The van der Waals surface area contributed by atoms with Crippen LogP contribution in [0.2, 0.25) is 0 Å². The van der Waals surface area contributed by atoms with E-state index in [9.17, 15) is 4.79 Å². The Kier molecular flexibility index (Phi) is 7.42. The Bertz CT molecular complexity index is 932. The Labute approximate surface area is 190 Å². The highest BCUT2D eigenvalue weighted by Crippen LogP contribution is 2.19. The minimum absolute atomic E-state index is 0.244. The van der Waals surface area contributed by atoms with E-state index in [1.807, 2.05) is 24.9 Å². The van der Waals surface area contributed by atoms with Gasteiger partial charge in [-0.1, -0.05) is 29.4 Å². The van der Waals surface area contributed by atoms with Crippen molar-refractivity contribution in [1.29, 1.82) is 0 Å². The molecule has 2 aromatic rings. The van der Waals surface area contributed by atoms with E-state index < -0.39 is 0 Å². The van der Waals surface area contributed by atoms with Crippen molar-refractivity contribution < 1.29 is 9.32 Å². The number of guanidine groups is 1. The average Bonchev–Trinajstić information content (AvgIpc) is 3.23. The zero-order valence-corrected chi connectivity index (χ0v) is 19.2. The standard InChI is InChI=1S/C24H34N6O2/c1-19-16-22(27-32-19)18-28-12-14-29(15-13-28)24(25-2)26-10-5-8-23(31)30-11-9-20-6-3-4-7-21(20)17-30/h3-4,6-7,16H,5,8-15,17-18H2,1-2H3,(H,25,26). The van der Waals surface area contributed by atoms with E-state index in [0.29, 0.717) is 6.42 Å². The van der Waals surface area contributed by atoms with E-state index in [1.54, 1.807) is 0 Å². The van der Waals surface area contributed by atoms with Gasteiger partial charge < -0.3 is 19.6 Å². The number of carbonyl (C=O) groups is 1. The van der Waals surface area contributed by atoms with E-state index in [1.165, 1.54) is 11.1 Å². The predicted molar refractivity (Wildman–Crippen MR) is 124 cm³/mol. The summed E-state index contributed by atoms with van der Waals surface area (Å²) in [5, 5.41) is 7.53. The molecule has 0 radical (unpaired) electrons. The van der Waals surface area contributed by atoms with Crippen LogP contribution in [0.1, 0.15) is 35.4 Å². The number of amides is 1. The molecule has 8 nitrogen and oxygen atoms in total. The van der Waals surface area contributed by atoms with Gasteiger partial charge in [0.05, 0.1) is 5.69 Å². The Morgan fingerprint density at radius 2 is 1.91 bits per heavy atom. The first kappa shape index (κ1) is 22.3. The molecule has 1 saturated heterocycles. The molecule has 32 heavy (non-hydrogen) atoms. The highest BCUT2D eigenvalue weighted by molar-refractivity contribution is 5.80. The normalized spacial score (nSPS) is 17.4. The van der Waals surface area contributed by atoms with Gasteiger partial charge in [0, 0.05) is 71.9 Å². The van der Waals surface area contributed by atoms with Crippen LogP contribution in [-0.4, -0.2) is 78.0 Å². The summed E-state index contributed by atoms with van der Waals surface area (Å²) >= 11 is 0. The second-order valence-corrected chi connectivity index (χ2v) is 8.60. The van der Waals surface area contributed by atoms with E-state index in [0.717, 1.165) is 82.6 Å². The van der Waals surface area contributed by atoms with Gasteiger partial charge in [0.2, 0.25) is 5.91 Å². The highest BCUT2D eigenvalue weighted by atomic mass is 16.5. The van der Waals surface area contributed by atoms with E-state index in [4.69, 9.17) is 4.52 Å². The van der Waals surface area contributed by atoms with Crippen molar-refractivity contribution in [2.45, 2.75) is 39.3 Å². The lowest BCUT2D eigenvalue weighted by molar-refractivity contribution is -0.132. The number of carbonyl (C=O) groups excluding carboxylic acids is 1. The largest absolute Gasteiger partial charge is 0.361 e. The molecule has 1 amide bonds. The van der Waals surface area contributed by atoms with Crippen molar-refractivity contribution >= 4 is 11.9 Å². The second kappa shape index (κ2) is 10.6. The molecule has 1 aromatic heterocycles. The first-order valence-electron chi connectivity index (χ1n) is 11.6. The van der Waals surface area contributed by atoms with Crippen molar-refractivity contribution in [2.75, 3.05) is 46.3 Å². The zero-order chi connectivity index (χ0) is 22.3. The third-order valence-corrected chi connectivity index (χ3v) is 6.28. The third kappa shape index (κ3) is 5.68. The number of hydrogen-bond acceptors (Lipinski definition) is 5. The first-order valence-corrected chi connectivity index (χ1v) is 11.6. The lowest BCUT2D eigenvalue weighted by Gasteiger charge is -2.36. The Morgan fingerprint density at radius 1 is 1.12 bits per heavy atom. The molecule has 0 unspecified atom stereocenters. The molecule has 2 aliphatic rings. The molecule has 3 heterocycles. The number of aliphatic imine (C=N–C) groups is 1. The quantitative estimate of drug-likeness (QED) is 0.423. The number of nitrogens with one attached hydrogen (secondary N) is 1. The van der Waals surface area contributed by atoms with Crippen LogP contribution in [0.3, 0.4) is 0 Å². The molecule has 1 N–H and O–H groups in total. The fraction of sp³-hybridized carbons (Fsp3) is 0.542. The van der Waals surface area contributed by atoms with Crippen LogP contribution in [0.15, 0.2) is 39.8 Å². The van der Waals surface area contributed by atoms with E-state index in [-0.39, 0.29) is 5.91 Å². The summed E-state index contributed by atoms with van der Waals surface area (Å²) < 4.78 is 5.17. The van der Waals surface area contributed by atoms with Gasteiger partial charge in [0.1, 0.15) is 5.76 Å². The van der Waals surface area contributed by atoms with Gasteiger partial charge in [-0.3, -0.25) is 14.7 Å². The maximum atomic E-state index is 12.7. The lowest BCUT2D eigenvalue weighted by atomic mass is 9.99. The van der Waals surface area contributed by atoms with Crippen LogP contribution in [0.25, 0.3) is 0 Å². The summed E-state index contributed by atoms with van der Waals surface area (Å²) in [4.78, 5) is 23.8. The topological polar surface area (TPSA) is 77.2 Å². The number of rotatable bonds is 6. The molecule has 1 fully saturated rings. The third-order valence-electron chi connectivity index (χ3n) is 6.28. The van der Waals surface area contributed by atoms with E-state index in [2.05, 4.69) is 49.5 Å². The van der Waals surface area contributed by atoms with Gasteiger partial charge in [-0.05, 0) is 30.9 Å². The molecule has 4 rings (SSSR count). The number of fused-ring (bicyclic) bond motifs is 1. The molecular formula is C24H34N6O2. The van der Waals surface area contributed by atoms with Gasteiger partial charge >= 0.3 is 0 Å². The summed E-state index contributed by atoms with van der Waals surface area (Å²) in [7, 11) is 1.82. The molecule has 1 aromatic carbocycles. The monoisotopic (exact) mass is 438 g/mol. The van der Waals surface area contributed by atoms with Gasteiger partial charge in [-0.15, -0.1) is 0 Å². The van der Waals surface area contributed by atoms with Crippen LogP contribution < -0.4 is 5.32 Å². The summed E-state index contributed by atoms with van der Waals surface area (Å²) in [6.07, 6.45) is 2.33. The van der Waals surface area contributed by atoms with E-state index >= 15 is 0 Å². The van der Waals surface area contributed by atoms with Crippen LogP contribution in [0.4, 0.5) is 0 Å². The number of piperazine rings is 1. The predicted octanol–water partition coefficient (Wildman–Crippen LogP) is 2.04. The van der Waals surface area contributed by atoms with Crippen molar-refractivity contribution in [3.05, 3.63) is 52.9 Å². The fourth-order valence-corrected chi connectivity index (χ4v) is 4.48. The highest BCUT2D eigenvalue weighted by Gasteiger charge is 2.22. The lowest BCUT2D eigenvalue weighted by Crippen LogP contribution is -2.52. The minimum Gasteiger partial charge on any atom is -0.361 e. The average molecular weight is 439 g/mol. The van der Waals surface area contributed by atoms with Crippen molar-refractivity contribution in [3.8, 4) is 0 Å². The maximum absolute atomic E-state index is 12.7. The summed E-state index contributed by atoms with van der Waals surface area (Å²) in [6.45, 7) is 8.81. The smallest absolute Gasteiger partial charge is 0.222 e. The van der Waals surface area contributed by atoms with Crippen molar-refractivity contribution in [3.63, 3.8) is 0 Å². The number of aromatic nitrogens is 1. The van der Waals surface area contributed by atoms with Crippen LogP contribution >= 0.6 is 0 Å². The molecule has 8 heteroatoms. The maximum Gasteiger partial charge on any atom is 0.222 e. The first-order chi connectivity index (χ1) is 15.6. The summed E-state index contributed by atoms with van der Waals surface area (Å²) in [6, 6.07) is 10.4.